The van der Waals surface area contributed by atoms with Gasteiger partial charge in [0.25, 0.3) is 0 Å². The summed E-state index contributed by atoms with van der Waals surface area (Å²) in [6.45, 7) is 3.94. The van der Waals surface area contributed by atoms with Crippen molar-refractivity contribution in [3.63, 3.8) is 0 Å². The van der Waals surface area contributed by atoms with Gasteiger partial charge in [-0.2, -0.15) is 0 Å². The molecule has 0 radical (unpaired) electrons. The van der Waals surface area contributed by atoms with Crippen molar-refractivity contribution in [2.24, 2.45) is 0 Å². The third-order valence-electron chi connectivity index (χ3n) is 3.43. The lowest BCUT2D eigenvalue weighted by Gasteiger charge is -2.24. The molecule has 0 fully saturated rings. The van der Waals surface area contributed by atoms with Crippen molar-refractivity contribution in [3.8, 4) is 0 Å². The summed E-state index contributed by atoms with van der Waals surface area (Å²) in [5, 5.41) is 3.50. The minimum absolute atomic E-state index is 0. The fourth-order valence-corrected chi connectivity index (χ4v) is 2.67. The molecule has 98 valence electrons. The van der Waals surface area contributed by atoms with Crippen LogP contribution in [0.4, 0.5) is 0 Å². The first-order valence-electron chi connectivity index (χ1n) is 6.23. The summed E-state index contributed by atoms with van der Waals surface area (Å²) in [5.74, 6) is 0. The lowest BCUT2D eigenvalue weighted by Crippen LogP contribution is -2.40. The second kappa shape index (κ2) is 5.16. The highest BCUT2D eigenvalue weighted by atomic mass is 35.5. The van der Waals surface area contributed by atoms with Crippen LogP contribution in [0.5, 0.6) is 0 Å². The second-order valence-electron chi connectivity index (χ2n) is 4.71. The zero-order chi connectivity index (χ0) is 11.8. The Labute approximate surface area is 112 Å². The van der Waals surface area contributed by atoms with Gasteiger partial charge in [0.2, 0.25) is 0 Å². The number of imidazole rings is 1. The monoisotopic (exact) mass is 267 g/mol. The van der Waals surface area contributed by atoms with E-state index in [0.717, 1.165) is 37.0 Å². The quantitative estimate of drug-likeness (QED) is 0.889. The predicted molar refractivity (Wildman–Crippen MR) is 75.6 cm³/mol. The van der Waals surface area contributed by atoms with Crippen LogP contribution < -0.4 is 11.0 Å². The van der Waals surface area contributed by atoms with Crippen LogP contribution in [0.2, 0.25) is 0 Å². The number of hydrogen-bond acceptors (Lipinski definition) is 2. The van der Waals surface area contributed by atoms with E-state index in [4.69, 9.17) is 0 Å². The molecule has 1 aromatic carbocycles. The summed E-state index contributed by atoms with van der Waals surface area (Å²) in [6, 6.07) is 6.48. The van der Waals surface area contributed by atoms with E-state index >= 15 is 0 Å². The summed E-state index contributed by atoms with van der Waals surface area (Å²) < 4.78 is 1.86. The number of H-pyrrole nitrogens is 1. The third-order valence-corrected chi connectivity index (χ3v) is 3.43. The fraction of sp³-hybridized carbons (Fsp3) is 0.462. The molecule has 0 saturated heterocycles. The van der Waals surface area contributed by atoms with Crippen LogP contribution in [0, 0.1) is 0 Å². The minimum atomic E-state index is 0. The molecule has 0 saturated carbocycles. The molecule has 4 nitrogen and oxygen atoms in total. The van der Waals surface area contributed by atoms with Crippen LogP contribution in [0.15, 0.2) is 23.0 Å². The maximum absolute atomic E-state index is 11.9. The minimum Gasteiger partial charge on any atom is -0.312 e. The number of aromatic amines is 1. The number of nitrogens with one attached hydrogen (secondary N) is 2. The Morgan fingerprint density at radius 1 is 1.50 bits per heavy atom. The topological polar surface area (TPSA) is 49.8 Å². The van der Waals surface area contributed by atoms with E-state index in [1.165, 1.54) is 5.56 Å². The first-order valence-corrected chi connectivity index (χ1v) is 6.23. The number of benzene rings is 1. The van der Waals surface area contributed by atoms with Gasteiger partial charge in [0.15, 0.2) is 0 Å². The summed E-state index contributed by atoms with van der Waals surface area (Å²) in [5.41, 5.74) is 3.32. The molecule has 5 heteroatoms. The highest BCUT2D eigenvalue weighted by Gasteiger charge is 2.21. The van der Waals surface area contributed by atoms with Crippen molar-refractivity contribution >= 4 is 23.4 Å². The van der Waals surface area contributed by atoms with Crippen molar-refractivity contribution in [1.82, 2.24) is 14.9 Å². The first kappa shape index (κ1) is 13.2. The van der Waals surface area contributed by atoms with Crippen LogP contribution in [0.3, 0.4) is 0 Å². The molecule has 1 atom stereocenters. The van der Waals surface area contributed by atoms with Crippen molar-refractivity contribution in [2.45, 2.75) is 32.4 Å². The standard InChI is InChI=1S/C13H17N3O.ClH/c1-2-6-14-10-7-9-4-3-5-11-12(9)16(8-10)13(17)15-11;/h3-5,10,14H,2,6-8H2,1H3,(H,15,17);1H/t10-;/m1./s1. The Morgan fingerprint density at radius 2 is 2.33 bits per heavy atom. The lowest BCUT2D eigenvalue weighted by molar-refractivity contribution is 0.432. The Hall–Kier alpha value is -1.26. The molecule has 1 aliphatic heterocycles. The number of nitrogens with zero attached hydrogens (tertiary/aromatic N) is 1. The Morgan fingerprint density at radius 3 is 3.11 bits per heavy atom. The van der Waals surface area contributed by atoms with E-state index in [9.17, 15) is 4.79 Å². The van der Waals surface area contributed by atoms with Crippen LogP contribution in [0.25, 0.3) is 11.0 Å². The molecule has 1 aliphatic rings. The molecule has 2 N–H and O–H groups in total. The van der Waals surface area contributed by atoms with Gasteiger partial charge in [0, 0.05) is 12.6 Å². The van der Waals surface area contributed by atoms with Gasteiger partial charge in [-0.3, -0.25) is 4.57 Å². The third kappa shape index (κ3) is 2.06. The van der Waals surface area contributed by atoms with Crippen LogP contribution >= 0.6 is 12.4 Å². The van der Waals surface area contributed by atoms with Crippen LogP contribution in [-0.2, 0) is 13.0 Å². The highest BCUT2D eigenvalue weighted by molar-refractivity contribution is 5.85. The van der Waals surface area contributed by atoms with Crippen molar-refractivity contribution in [3.05, 3.63) is 34.2 Å². The second-order valence-corrected chi connectivity index (χ2v) is 4.71. The molecule has 2 aromatic rings. The molecule has 0 spiro atoms. The zero-order valence-electron chi connectivity index (χ0n) is 10.4. The number of para-hydroxylation sites is 1. The van der Waals surface area contributed by atoms with Crippen molar-refractivity contribution in [2.75, 3.05) is 6.54 Å². The molecule has 0 aliphatic carbocycles. The predicted octanol–water partition coefficient (Wildman–Crippen LogP) is 1.68. The maximum Gasteiger partial charge on any atom is 0.326 e. The Balaban J connectivity index is 0.00000120. The molecule has 0 unspecified atom stereocenters. The van der Waals surface area contributed by atoms with Crippen LogP contribution in [-0.4, -0.2) is 22.1 Å². The van der Waals surface area contributed by atoms with Gasteiger partial charge in [-0.25, -0.2) is 4.79 Å². The largest absolute Gasteiger partial charge is 0.326 e. The summed E-state index contributed by atoms with van der Waals surface area (Å²) in [7, 11) is 0. The first-order chi connectivity index (χ1) is 8.29. The molecular weight excluding hydrogens is 250 g/mol. The van der Waals surface area contributed by atoms with Crippen molar-refractivity contribution < 1.29 is 0 Å². The number of aromatic nitrogens is 2. The fourth-order valence-electron chi connectivity index (χ4n) is 2.67. The van der Waals surface area contributed by atoms with Crippen LogP contribution in [0.1, 0.15) is 18.9 Å². The molecule has 18 heavy (non-hydrogen) atoms. The average Bonchev–Trinajstić information content (AvgIpc) is 2.66. The average molecular weight is 268 g/mol. The number of hydrogen-bond donors (Lipinski definition) is 2. The van der Waals surface area contributed by atoms with Gasteiger partial charge in [0.05, 0.1) is 11.0 Å². The van der Waals surface area contributed by atoms with Gasteiger partial charge >= 0.3 is 5.69 Å². The van der Waals surface area contributed by atoms with E-state index in [1.807, 2.05) is 16.7 Å². The molecule has 1 aromatic heterocycles. The van der Waals surface area contributed by atoms with Gasteiger partial charge in [-0.1, -0.05) is 19.1 Å². The highest BCUT2D eigenvalue weighted by Crippen LogP contribution is 2.22. The zero-order valence-corrected chi connectivity index (χ0v) is 11.2. The number of rotatable bonds is 3. The molecule has 3 rings (SSSR count). The van der Waals surface area contributed by atoms with E-state index in [1.54, 1.807) is 0 Å². The smallest absolute Gasteiger partial charge is 0.312 e. The Kier molecular flexibility index (Phi) is 3.78. The normalized spacial score (nSPS) is 17.7. The van der Waals surface area contributed by atoms with Gasteiger partial charge in [-0.05, 0) is 31.0 Å². The lowest BCUT2D eigenvalue weighted by atomic mass is 10.0. The van der Waals surface area contributed by atoms with Gasteiger partial charge < -0.3 is 10.3 Å². The van der Waals surface area contributed by atoms with Crippen molar-refractivity contribution in [1.29, 1.82) is 0 Å². The van der Waals surface area contributed by atoms with E-state index in [0.29, 0.717) is 6.04 Å². The summed E-state index contributed by atoms with van der Waals surface area (Å²) >= 11 is 0. The maximum atomic E-state index is 11.9. The molecule has 2 heterocycles. The number of halogens is 1. The SMILES string of the molecule is CCCN[C@@H]1Cc2cccc3[nH]c(=O)n(c23)C1.Cl. The molecule has 0 bridgehead atoms. The van der Waals surface area contributed by atoms with Gasteiger partial charge in [-0.15, -0.1) is 12.4 Å². The van der Waals surface area contributed by atoms with E-state index in [2.05, 4.69) is 23.3 Å². The Bertz CT molecular complexity index is 602. The van der Waals surface area contributed by atoms with E-state index < -0.39 is 0 Å². The summed E-state index contributed by atoms with van der Waals surface area (Å²) in [6.07, 6.45) is 2.13. The van der Waals surface area contributed by atoms with Gasteiger partial charge in [0.1, 0.15) is 0 Å². The molecule has 0 amide bonds. The molecular formula is C13H18ClN3O. The van der Waals surface area contributed by atoms with E-state index in [-0.39, 0.29) is 18.1 Å². The summed E-state index contributed by atoms with van der Waals surface area (Å²) in [4.78, 5) is 14.8.